The van der Waals surface area contributed by atoms with Crippen LogP contribution in [0.3, 0.4) is 0 Å². The molecule has 0 fully saturated rings. The molecule has 0 bridgehead atoms. The van der Waals surface area contributed by atoms with E-state index in [2.05, 4.69) is 10.6 Å². The average molecular weight is 280 g/mol. The van der Waals surface area contributed by atoms with Crippen LogP contribution in [0.5, 0.6) is 0 Å². The molecule has 2 atom stereocenters. The fraction of sp³-hybridized carbons (Fsp3) is 0.429. The predicted octanol–water partition coefficient (Wildman–Crippen LogP) is 1.54. The van der Waals surface area contributed by atoms with E-state index in [0.717, 1.165) is 0 Å². The molecule has 1 aromatic carbocycles. The molecule has 110 valence electrons. The van der Waals surface area contributed by atoms with Gasteiger partial charge in [0.2, 0.25) is 0 Å². The largest absolute Gasteiger partial charge is 0.479 e. The fourth-order valence-electron chi connectivity index (χ4n) is 1.75. The van der Waals surface area contributed by atoms with Gasteiger partial charge in [0, 0.05) is 7.11 Å². The van der Waals surface area contributed by atoms with Crippen LogP contribution >= 0.6 is 0 Å². The molecule has 0 aliphatic rings. The number of benzene rings is 1. The number of amides is 2. The molecular formula is C14H20N2O4. The van der Waals surface area contributed by atoms with Crippen molar-refractivity contribution in [3.8, 4) is 0 Å². The number of carbonyl (C=O) groups is 2. The van der Waals surface area contributed by atoms with Gasteiger partial charge in [-0.3, -0.25) is 0 Å². The minimum Gasteiger partial charge on any atom is -0.479 e. The first-order valence-corrected chi connectivity index (χ1v) is 6.42. The number of carboxylic acids is 1. The first-order chi connectivity index (χ1) is 9.58. The molecule has 1 rings (SSSR count). The summed E-state index contributed by atoms with van der Waals surface area (Å²) in [4.78, 5) is 23.1. The molecule has 0 saturated heterocycles. The Bertz CT molecular complexity index is 436. The van der Waals surface area contributed by atoms with Crippen molar-refractivity contribution < 1.29 is 19.4 Å². The van der Waals surface area contributed by atoms with Crippen LogP contribution in [0.25, 0.3) is 0 Å². The second kappa shape index (κ2) is 8.16. The Hall–Kier alpha value is -2.08. The zero-order valence-electron chi connectivity index (χ0n) is 11.6. The van der Waals surface area contributed by atoms with E-state index >= 15 is 0 Å². The minimum absolute atomic E-state index is 0.148. The van der Waals surface area contributed by atoms with Gasteiger partial charge in [-0.25, -0.2) is 9.59 Å². The number of hydrogen-bond donors (Lipinski definition) is 3. The molecule has 1 aromatic rings. The molecule has 0 aliphatic carbocycles. The number of carboxylic acid groups (broad SMARTS) is 1. The van der Waals surface area contributed by atoms with E-state index in [9.17, 15) is 14.7 Å². The van der Waals surface area contributed by atoms with E-state index in [0.29, 0.717) is 18.6 Å². The van der Waals surface area contributed by atoms with Crippen LogP contribution in [0.2, 0.25) is 0 Å². The van der Waals surface area contributed by atoms with Crippen LogP contribution < -0.4 is 10.6 Å². The quantitative estimate of drug-likeness (QED) is 0.707. The molecule has 6 nitrogen and oxygen atoms in total. The maximum Gasteiger partial charge on any atom is 0.330 e. The minimum atomic E-state index is -1.11. The highest BCUT2D eigenvalue weighted by atomic mass is 16.5. The van der Waals surface area contributed by atoms with Gasteiger partial charge in [-0.1, -0.05) is 37.3 Å². The number of ether oxygens (including phenoxy) is 1. The number of carbonyl (C=O) groups excluding carboxylic acids is 1. The molecule has 0 radical (unpaired) electrons. The SMILES string of the molecule is CCC(COC)NC(=O)NC(C(=O)O)c1ccccc1. The van der Waals surface area contributed by atoms with Crippen molar-refractivity contribution in [3.63, 3.8) is 0 Å². The topological polar surface area (TPSA) is 87.7 Å². The van der Waals surface area contributed by atoms with E-state index < -0.39 is 18.0 Å². The highest BCUT2D eigenvalue weighted by Gasteiger charge is 2.22. The van der Waals surface area contributed by atoms with Crippen molar-refractivity contribution in [2.75, 3.05) is 13.7 Å². The lowest BCUT2D eigenvalue weighted by atomic mass is 10.1. The highest BCUT2D eigenvalue weighted by Crippen LogP contribution is 2.12. The Kier molecular flexibility index (Phi) is 6.52. The van der Waals surface area contributed by atoms with Crippen molar-refractivity contribution in [3.05, 3.63) is 35.9 Å². The van der Waals surface area contributed by atoms with E-state index in [1.165, 1.54) is 0 Å². The van der Waals surface area contributed by atoms with E-state index in [4.69, 9.17) is 4.74 Å². The van der Waals surface area contributed by atoms with Crippen LogP contribution in [0, 0.1) is 0 Å². The first kappa shape index (κ1) is 16.0. The molecule has 0 aliphatic heterocycles. The van der Waals surface area contributed by atoms with Gasteiger partial charge < -0.3 is 20.5 Å². The monoisotopic (exact) mass is 280 g/mol. The molecule has 3 N–H and O–H groups in total. The molecular weight excluding hydrogens is 260 g/mol. The molecule has 0 saturated carbocycles. The summed E-state index contributed by atoms with van der Waals surface area (Å²) in [6.45, 7) is 2.29. The first-order valence-electron chi connectivity index (χ1n) is 6.42. The lowest BCUT2D eigenvalue weighted by Gasteiger charge is -2.19. The Morgan fingerprint density at radius 3 is 2.40 bits per heavy atom. The van der Waals surface area contributed by atoms with Crippen molar-refractivity contribution >= 4 is 12.0 Å². The third kappa shape index (κ3) is 4.89. The predicted molar refractivity (Wildman–Crippen MR) is 74.4 cm³/mol. The zero-order valence-corrected chi connectivity index (χ0v) is 11.6. The second-order valence-corrected chi connectivity index (χ2v) is 4.36. The van der Waals surface area contributed by atoms with Crippen LogP contribution in [-0.4, -0.2) is 36.9 Å². The summed E-state index contributed by atoms with van der Waals surface area (Å²) in [5.41, 5.74) is 0.523. The Balaban J connectivity index is 2.67. The van der Waals surface area contributed by atoms with Gasteiger partial charge in [-0.15, -0.1) is 0 Å². The van der Waals surface area contributed by atoms with Gasteiger partial charge >= 0.3 is 12.0 Å². The van der Waals surface area contributed by atoms with Gasteiger partial charge in [0.15, 0.2) is 6.04 Å². The summed E-state index contributed by atoms with van der Waals surface area (Å²) >= 11 is 0. The lowest BCUT2D eigenvalue weighted by molar-refractivity contribution is -0.139. The molecule has 20 heavy (non-hydrogen) atoms. The maximum absolute atomic E-state index is 11.8. The van der Waals surface area contributed by atoms with E-state index in [1.807, 2.05) is 6.92 Å². The number of hydrogen-bond acceptors (Lipinski definition) is 3. The summed E-state index contributed by atoms with van der Waals surface area (Å²) in [5.74, 6) is -1.11. The number of urea groups is 1. The summed E-state index contributed by atoms with van der Waals surface area (Å²) in [6.07, 6.45) is 0.699. The Morgan fingerprint density at radius 1 is 1.25 bits per heavy atom. The standard InChI is InChI=1S/C14H20N2O4/c1-3-11(9-20-2)15-14(19)16-12(13(17)18)10-7-5-4-6-8-10/h4-8,11-12H,3,9H2,1-2H3,(H,17,18)(H2,15,16,19). The third-order valence-electron chi connectivity index (χ3n) is 2.85. The second-order valence-electron chi connectivity index (χ2n) is 4.36. The molecule has 2 amide bonds. The van der Waals surface area contributed by atoms with E-state index in [1.54, 1.807) is 37.4 Å². The average Bonchev–Trinajstić information content (AvgIpc) is 2.45. The van der Waals surface area contributed by atoms with Crippen LogP contribution in [0.4, 0.5) is 4.79 Å². The van der Waals surface area contributed by atoms with Gasteiger partial charge in [0.05, 0.1) is 12.6 Å². The van der Waals surface area contributed by atoms with Crippen molar-refractivity contribution in [1.29, 1.82) is 0 Å². The molecule has 6 heteroatoms. The van der Waals surface area contributed by atoms with Gasteiger partial charge in [-0.2, -0.15) is 0 Å². The summed E-state index contributed by atoms with van der Waals surface area (Å²) in [7, 11) is 1.55. The van der Waals surface area contributed by atoms with Crippen molar-refractivity contribution in [2.24, 2.45) is 0 Å². The van der Waals surface area contributed by atoms with Gasteiger partial charge in [-0.05, 0) is 12.0 Å². The fourth-order valence-corrected chi connectivity index (χ4v) is 1.75. The summed E-state index contributed by atoms with van der Waals surface area (Å²) in [6, 6.07) is 6.81. The summed E-state index contributed by atoms with van der Waals surface area (Å²) in [5, 5.41) is 14.3. The number of aliphatic carboxylic acids is 1. The van der Waals surface area contributed by atoms with Crippen molar-refractivity contribution in [2.45, 2.75) is 25.4 Å². The molecule has 2 unspecified atom stereocenters. The smallest absolute Gasteiger partial charge is 0.330 e. The normalized spacial score (nSPS) is 13.3. The molecule has 0 aromatic heterocycles. The summed E-state index contributed by atoms with van der Waals surface area (Å²) < 4.78 is 4.97. The van der Waals surface area contributed by atoms with Crippen molar-refractivity contribution in [1.82, 2.24) is 10.6 Å². The van der Waals surface area contributed by atoms with Gasteiger partial charge in [0.1, 0.15) is 0 Å². The number of methoxy groups -OCH3 is 1. The Labute approximate surface area is 118 Å². The van der Waals surface area contributed by atoms with E-state index in [-0.39, 0.29) is 6.04 Å². The zero-order chi connectivity index (χ0) is 15.0. The highest BCUT2D eigenvalue weighted by molar-refractivity contribution is 5.83. The van der Waals surface area contributed by atoms with Crippen LogP contribution in [0.15, 0.2) is 30.3 Å². The van der Waals surface area contributed by atoms with Crippen LogP contribution in [0.1, 0.15) is 24.9 Å². The van der Waals surface area contributed by atoms with Gasteiger partial charge in [0.25, 0.3) is 0 Å². The Morgan fingerprint density at radius 2 is 1.90 bits per heavy atom. The lowest BCUT2D eigenvalue weighted by Crippen LogP contribution is -2.46. The van der Waals surface area contributed by atoms with Crippen LogP contribution in [-0.2, 0) is 9.53 Å². The third-order valence-corrected chi connectivity index (χ3v) is 2.85. The molecule has 0 spiro atoms. The number of nitrogens with one attached hydrogen (secondary N) is 2. The number of rotatable bonds is 7. The maximum atomic E-state index is 11.8. The molecule has 0 heterocycles.